The Morgan fingerprint density at radius 1 is 1.50 bits per heavy atom. The number of ketones is 1. The maximum Gasteiger partial charge on any atom is 0.307 e. The average Bonchev–Trinajstić information content (AvgIpc) is 2.90. The molecule has 0 spiro atoms. The lowest BCUT2D eigenvalue weighted by atomic mass is 9.83. The number of carbonyl (C=O) groups is 2. The van der Waals surface area contributed by atoms with Crippen LogP contribution < -0.4 is 0 Å². The van der Waals surface area contributed by atoms with Crippen LogP contribution in [0.4, 0.5) is 4.39 Å². The molecule has 0 aromatic rings. The summed E-state index contributed by atoms with van der Waals surface area (Å²) in [7, 11) is 0. The molecular formula is C16H25FO3. The van der Waals surface area contributed by atoms with Crippen LogP contribution in [0.5, 0.6) is 0 Å². The molecule has 0 radical (unpaired) electrons. The Bertz CT molecular complexity index is 391. The first-order valence-corrected chi connectivity index (χ1v) is 7.84. The number of fused-ring (bicyclic) bond motifs is 1. The molecule has 2 unspecified atom stereocenters. The molecule has 2 fully saturated rings. The number of halogens is 1. The molecule has 0 N–H and O–H groups in total. The normalized spacial score (nSPS) is 31.8. The Morgan fingerprint density at radius 3 is 2.95 bits per heavy atom. The second-order valence-electron chi connectivity index (χ2n) is 6.60. The molecule has 20 heavy (non-hydrogen) atoms. The van der Waals surface area contributed by atoms with E-state index in [0.717, 1.165) is 25.7 Å². The first-order chi connectivity index (χ1) is 9.39. The van der Waals surface area contributed by atoms with Gasteiger partial charge < -0.3 is 4.74 Å². The molecule has 1 saturated carbocycles. The highest BCUT2D eigenvalue weighted by Gasteiger charge is 2.56. The number of carbonyl (C=O) groups excluding carboxylic acids is 2. The van der Waals surface area contributed by atoms with Crippen LogP contribution in [0.25, 0.3) is 0 Å². The Balaban J connectivity index is 1.93. The molecular weight excluding hydrogens is 259 g/mol. The minimum Gasteiger partial charge on any atom is -0.451 e. The lowest BCUT2D eigenvalue weighted by molar-refractivity contribution is -0.158. The molecule has 4 heteroatoms. The molecule has 0 amide bonds. The Kier molecular flexibility index (Phi) is 4.50. The first kappa shape index (κ1) is 15.5. The number of unbranched alkanes of at least 4 members (excludes halogenated alkanes) is 1. The Hall–Kier alpha value is -0.930. The number of ether oxygens (including phenoxy) is 1. The van der Waals surface area contributed by atoms with Gasteiger partial charge in [-0.05, 0) is 39.0 Å². The van der Waals surface area contributed by atoms with Gasteiger partial charge in [-0.1, -0.05) is 19.8 Å². The van der Waals surface area contributed by atoms with E-state index < -0.39 is 11.3 Å². The van der Waals surface area contributed by atoms with Gasteiger partial charge in [-0.2, -0.15) is 0 Å². The summed E-state index contributed by atoms with van der Waals surface area (Å²) in [5, 5.41) is 0. The summed E-state index contributed by atoms with van der Waals surface area (Å²) >= 11 is 0. The van der Waals surface area contributed by atoms with Gasteiger partial charge >= 0.3 is 5.97 Å². The standard InChI is InChI=1S/C16H25FO3/c1-3-4-8-15(2,17)10-7-13(18)16-9-5-6-12(16)11-14(19)20-16/h12H,3-11H2,1-2H3/t12?,15-,16?/m0/s1. The topological polar surface area (TPSA) is 43.4 Å². The van der Waals surface area contributed by atoms with Gasteiger partial charge in [0.2, 0.25) is 0 Å². The highest BCUT2D eigenvalue weighted by molar-refractivity contribution is 5.93. The van der Waals surface area contributed by atoms with E-state index in [4.69, 9.17) is 4.74 Å². The van der Waals surface area contributed by atoms with Crippen LogP contribution in [-0.4, -0.2) is 23.0 Å². The van der Waals surface area contributed by atoms with Gasteiger partial charge in [0.15, 0.2) is 11.4 Å². The number of Topliss-reactive ketones (excluding diaryl/α,β-unsaturated/α-hetero) is 1. The van der Waals surface area contributed by atoms with Crippen LogP contribution in [0, 0.1) is 5.92 Å². The monoisotopic (exact) mass is 284 g/mol. The lowest BCUT2D eigenvalue weighted by Crippen LogP contribution is -2.41. The van der Waals surface area contributed by atoms with E-state index in [9.17, 15) is 14.0 Å². The molecule has 2 aliphatic rings. The number of esters is 1. The summed E-state index contributed by atoms with van der Waals surface area (Å²) in [4.78, 5) is 23.9. The van der Waals surface area contributed by atoms with Crippen molar-refractivity contribution in [2.24, 2.45) is 5.92 Å². The summed E-state index contributed by atoms with van der Waals surface area (Å²) in [5.74, 6) is -0.299. The molecule has 1 saturated heterocycles. The molecule has 1 aliphatic carbocycles. The maximum absolute atomic E-state index is 14.3. The second kappa shape index (κ2) is 5.82. The zero-order valence-corrected chi connectivity index (χ0v) is 12.5. The second-order valence-corrected chi connectivity index (χ2v) is 6.60. The zero-order valence-electron chi connectivity index (χ0n) is 12.5. The Morgan fingerprint density at radius 2 is 2.25 bits per heavy atom. The molecule has 0 aromatic carbocycles. The fraction of sp³-hybridized carbons (Fsp3) is 0.875. The minimum absolute atomic E-state index is 0.0315. The van der Waals surface area contributed by atoms with Crippen molar-refractivity contribution in [1.29, 1.82) is 0 Å². The number of rotatable bonds is 7. The predicted octanol–water partition coefficient (Wildman–Crippen LogP) is 3.74. The highest BCUT2D eigenvalue weighted by atomic mass is 19.1. The lowest BCUT2D eigenvalue weighted by Gasteiger charge is -2.27. The van der Waals surface area contributed by atoms with Crippen molar-refractivity contribution in [3.63, 3.8) is 0 Å². The zero-order chi connectivity index (χ0) is 14.8. The highest BCUT2D eigenvalue weighted by Crippen LogP contribution is 2.47. The molecule has 2 rings (SSSR count). The van der Waals surface area contributed by atoms with Gasteiger partial charge in [0, 0.05) is 12.3 Å². The quantitative estimate of drug-likeness (QED) is 0.669. The number of hydrogen-bond donors (Lipinski definition) is 0. The van der Waals surface area contributed by atoms with Crippen molar-refractivity contribution in [1.82, 2.24) is 0 Å². The van der Waals surface area contributed by atoms with E-state index in [1.54, 1.807) is 6.92 Å². The van der Waals surface area contributed by atoms with Gasteiger partial charge in [-0.3, -0.25) is 9.59 Å². The summed E-state index contributed by atoms with van der Waals surface area (Å²) in [6.07, 6.45) is 5.48. The van der Waals surface area contributed by atoms with Gasteiger partial charge in [0.05, 0.1) is 6.42 Å². The van der Waals surface area contributed by atoms with Crippen molar-refractivity contribution < 1.29 is 18.7 Å². The molecule has 3 atom stereocenters. The van der Waals surface area contributed by atoms with Crippen LogP contribution >= 0.6 is 0 Å². The summed E-state index contributed by atoms with van der Waals surface area (Å²) < 4.78 is 19.7. The van der Waals surface area contributed by atoms with Gasteiger partial charge in [0.25, 0.3) is 0 Å². The predicted molar refractivity (Wildman–Crippen MR) is 74.1 cm³/mol. The molecule has 1 heterocycles. The van der Waals surface area contributed by atoms with E-state index in [-0.39, 0.29) is 30.5 Å². The average molecular weight is 284 g/mol. The third-order valence-corrected chi connectivity index (χ3v) is 4.87. The van der Waals surface area contributed by atoms with E-state index in [1.165, 1.54) is 0 Å². The molecule has 0 bridgehead atoms. The van der Waals surface area contributed by atoms with Crippen LogP contribution in [0.15, 0.2) is 0 Å². The van der Waals surface area contributed by atoms with Crippen molar-refractivity contribution in [2.45, 2.75) is 82.9 Å². The van der Waals surface area contributed by atoms with E-state index in [0.29, 0.717) is 19.3 Å². The fourth-order valence-corrected chi connectivity index (χ4v) is 3.58. The first-order valence-electron chi connectivity index (χ1n) is 7.84. The number of hydrogen-bond acceptors (Lipinski definition) is 3. The molecule has 3 nitrogen and oxygen atoms in total. The van der Waals surface area contributed by atoms with E-state index >= 15 is 0 Å². The molecule has 0 aromatic heterocycles. The van der Waals surface area contributed by atoms with Crippen molar-refractivity contribution in [2.75, 3.05) is 0 Å². The SMILES string of the molecule is CCCC[C@](C)(F)CCC(=O)C12CCCC1CC(=O)O2. The minimum atomic E-state index is -1.29. The Labute approximate surface area is 120 Å². The van der Waals surface area contributed by atoms with Crippen molar-refractivity contribution in [3.8, 4) is 0 Å². The molecule has 1 aliphatic heterocycles. The summed E-state index contributed by atoms with van der Waals surface area (Å²) in [6.45, 7) is 3.60. The third-order valence-electron chi connectivity index (χ3n) is 4.87. The van der Waals surface area contributed by atoms with Gasteiger partial charge in [0.1, 0.15) is 5.67 Å². The number of alkyl halides is 1. The van der Waals surface area contributed by atoms with Crippen LogP contribution in [0.1, 0.15) is 71.6 Å². The van der Waals surface area contributed by atoms with Gasteiger partial charge in [-0.15, -0.1) is 0 Å². The molecule has 114 valence electrons. The van der Waals surface area contributed by atoms with Crippen LogP contribution in [-0.2, 0) is 14.3 Å². The van der Waals surface area contributed by atoms with E-state index in [1.807, 2.05) is 6.92 Å². The van der Waals surface area contributed by atoms with Crippen molar-refractivity contribution in [3.05, 3.63) is 0 Å². The van der Waals surface area contributed by atoms with E-state index in [2.05, 4.69) is 0 Å². The van der Waals surface area contributed by atoms with Gasteiger partial charge in [-0.25, -0.2) is 4.39 Å². The van der Waals surface area contributed by atoms with Crippen LogP contribution in [0.2, 0.25) is 0 Å². The summed E-state index contributed by atoms with van der Waals surface area (Å²) in [6, 6.07) is 0. The third kappa shape index (κ3) is 3.04. The fourth-order valence-electron chi connectivity index (χ4n) is 3.58. The smallest absolute Gasteiger partial charge is 0.307 e. The largest absolute Gasteiger partial charge is 0.451 e. The van der Waals surface area contributed by atoms with Crippen molar-refractivity contribution >= 4 is 11.8 Å². The maximum atomic E-state index is 14.3. The summed E-state index contributed by atoms with van der Waals surface area (Å²) in [5.41, 5.74) is -2.20. The van der Waals surface area contributed by atoms with Crippen LogP contribution in [0.3, 0.4) is 0 Å².